The molecular formula is C15H26N4O. The number of imidazole rings is 1. The predicted octanol–water partition coefficient (Wildman–Crippen LogP) is 0.936. The van der Waals surface area contributed by atoms with Gasteiger partial charge in [0.1, 0.15) is 0 Å². The maximum Gasteiger partial charge on any atom is 0.0922 e. The zero-order valence-electron chi connectivity index (χ0n) is 12.2. The molecule has 0 unspecified atom stereocenters. The molecule has 20 heavy (non-hydrogen) atoms. The van der Waals surface area contributed by atoms with Crippen LogP contribution in [-0.2, 0) is 6.54 Å². The van der Waals surface area contributed by atoms with Crippen LogP contribution in [0.4, 0.5) is 0 Å². The van der Waals surface area contributed by atoms with E-state index in [1.54, 1.807) is 6.33 Å². The molecule has 2 aliphatic rings. The summed E-state index contributed by atoms with van der Waals surface area (Å²) < 4.78 is 0. The normalized spacial score (nSPS) is 29.1. The van der Waals surface area contributed by atoms with Gasteiger partial charge in [-0.25, -0.2) is 4.98 Å². The SMILES string of the molecule is OC[C@H]1CN(Cc2cnc[nH]2)C[C@H]1CN1CCCCC1. The minimum atomic E-state index is 0.317. The molecule has 2 atom stereocenters. The number of likely N-dealkylation sites (tertiary alicyclic amines) is 2. The molecule has 0 radical (unpaired) electrons. The lowest BCUT2D eigenvalue weighted by Crippen LogP contribution is -2.37. The van der Waals surface area contributed by atoms with E-state index < -0.39 is 0 Å². The molecule has 2 saturated heterocycles. The molecule has 2 N–H and O–H groups in total. The summed E-state index contributed by atoms with van der Waals surface area (Å²) >= 11 is 0. The van der Waals surface area contributed by atoms with Crippen LogP contribution in [0.15, 0.2) is 12.5 Å². The van der Waals surface area contributed by atoms with Crippen molar-refractivity contribution in [3.63, 3.8) is 0 Å². The maximum absolute atomic E-state index is 9.64. The Balaban J connectivity index is 1.53. The molecule has 2 fully saturated rings. The fourth-order valence-corrected chi connectivity index (χ4v) is 3.66. The number of rotatable bonds is 5. The fourth-order valence-electron chi connectivity index (χ4n) is 3.66. The standard InChI is InChI=1S/C15H26N4O/c20-11-14-9-19(10-15-6-16-12-17-15)8-13(14)7-18-4-2-1-3-5-18/h6,12-14,20H,1-5,7-11H2,(H,16,17)/t13-,14-/m1/s1. The summed E-state index contributed by atoms with van der Waals surface area (Å²) in [6.45, 7) is 6.99. The van der Waals surface area contributed by atoms with Crippen molar-refractivity contribution < 1.29 is 5.11 Å². The highest BCUT2D eigenvalue weighted by Crippen LogP contribution is 2.26. The number of aliphatic hydroxyl groups is 1. The second-order valence-electron chi connectivity index (χ2n) is 6.33. The van der Waals surface area contributed by atoms with Gasteiger partial charge < -0.3 is 15.0 Å². The molecule has 0 aromatic carbocycles. The summed E-state index contributed by atoms with van der Waals surface area (Å²) in [5, 5.41) is 9.64. The van der Waals surface area contributed by atoms with Crippen molar-refractivity contribution in [2.75, 3.05) is 39.3 Å². The Bertz CT molecular complexity index is 389. The monoisotopic (exact) mass is 278 g/mol. The molecule has 1 aromatic rings. The van der Waals surface area contributed by atoms with Gasteiger partial charge >= 0.3 is 0 Å². The molecule has 112 valence electrons. The molecule has 0 bridgehead atoms. The van der Waals surface area contributed by atoms with Crippen molar-refractivity contribution in [3.05, 3.63) is 18.2 Å². The van der Waals surface area contributed by atoms with E-state index in [1.165, 1.54) is 38.0 Å². The van der Waals surface area contributed by atoms with E-state index in [9.17, 15) is 5.11 Å². The average molecular weight is 278 g/mol. The lowest BCUT2D eigenvalue weighted by atomic mass is 9.95. The predicted molar refractivity (Wildman–Crippen MR) is 78.2 cm³/mol. The highest BCUT2D eigenvalue weighted by Gasteiger charge is 2.33. The third-order valence-electron chi connectivity index (χ3n) is 4.78. The highest BCUT2D eigenvalue weighted by atomic mass is 16.3. The molecule has 3 heterocycles. The number of hydrogen-bond donors (Lipinski definition) is 2. The minimum Gasteiger partial charge on any atom is -0.396 e. The second kappa shape index (κ2) is 6.70. The first kappa shape index (κ1) is 14.0. The quantitative estimate of drug-likeness (QED) is 0.841. The van der Waals surface area contributed by atoms with E-state index in [0.29, 0.717) is 18.4 Å². The van der Waals surface area contributed by atoms with Crippen LogP contribution in [0.5, 0.6) is 0 Å². The molecule has 0 amide bonds. The lowest BCUT2D eigenvalue weighted by molar-refractivity contribution is 0.149. The third kappa shape index (κ3) is 3.40. The minimum absolute atomic E-state index is 0.317. The number of nitrogens with one attached hydrogen (secondary N) is 1. The number of piperidine rings is 1. The summed E-state index contributed by atoms with van der Waals surface area (Å²) in [7, 11) is 0. The molecule has 0 aliphatic carbocycles. The number of aromatic nitrogens is 2. The van der Waals surface area contributed by atoms with Gasteiger partial charge in [0.2, 0.25) is 0 Å². The Labute approximate surface area is 121 Å². The first-order valence-corrected chi connectivity index (χ1v) is 7.88. The molecule has 0 saturated carbocycles. The van der Waals surface area contributed by atoms with E-state index in [4.69, 9.17) is 0 Å². The van der Waals surface area contributed by atoms with Crippen LogP contribution in [0, 0.1) is 11.8 Å². The van der Waals surface area contributed by atoms with Crippen molar-refractivity contribution >= 4 is 0 Å². The van der Waals surface area contributed by atoms with E-state index in [1.807, 2.05) is 6.20 Å². The van der Waals surface area contributed by atoms with Gasteiger partial charge in [-0.05, 0) is 37.8 Å². The van der Waals surface area contributed by atoms with Crippen LogP contribution in [0.1, 0.15) is 25.0 Å². The van der Waals surface area contributed by atoms with Crippen LogP contribution in [-0.4, -0.2) is 64.2 Å². The maximum atomic E-state index is 9.64. The molecule has 0 spiro atoms. The Kier molecular flexibility index (Phi) is 4.70. The van der Waals surface area contributed by atoms with Gasteiger partial charge in [0.25, 0.3) is 0 Å². The van der Waals surface area contributed by atoms with Gasteiger partial charge in [-0.2, -0.15) is 0 Å². The number of hydrogen-bond acceptors (Lipinski definition) is 4. The van der Waals surface area contributed by atoms with E-state index in [2.05, 4.69) is 19.8 Å². The molecular weight excluding hydrogens is 252 g/mol. The van der Waals surface area contributed by atoms with E-state index in [0.717, 1.165) is 26.2 Å². The summed E-state index contributed by atoms with van der Waals surface area (Å²) in [6.07, 6.45) is 7.70. The summed E-state index contributed by atoms with van der Waals surface area (Å²) in [6, 6.07) is 0. The highest BCUT2D eigenvalue weighted by molar-refractivity contribution is 4.96. The van der Waals surface area contributed by atoms with Crippen LogP contribution in [0.3, 0.4) is 0 Å². The van der Waals surface area contributed by atoms with Crippen LogP contribution in [0.25, 0.3) is 0 Å². The molecule has 2 aliphatic heterocycles. The molecule has 3 rings (SSSR count). The molecule has 1 aromatic heterocycles. The van der Waals surface area contributed by atoms with E-state index >= 15 is 0 Å². The van der Waals surface area contributed by atoms with Gasteiger partial charge in [0.15, 0.2) is 0 Å². The van der Waals surface area contributed by atoms with Crippen LogP contribution < -0.4 is 0 Å². The number of nitrogens with zero attached hydrogens (tertiary/aromatic N) is 3. The zero-order valence-corrected chi connectivity index (χ0v) is 12.2. The molecule has 5 nitrogen and oxygen atoms in total. The second-order valence-corrected chi connectivity index (χ2v) is 6.33. The number of H-pyrrole nitrogens is 1. The third-order valence-corrected chi connectivity index (χ3v) is 4.78. The largest absolute Gasteiger partial charge is 0.396 e. The van der Waals surface area contributed by atoms with Crippen molar-refractivity contribution in [2.24, 2.45) is 11.8 Å². The summed E-state index contributed by atoms with van der Waals surface area (Å²) in [5.41, 5.74) is 1.17. The Morgan fingerprint density at radius 2 is 1.95 bits per heavy atom. The lowest BCUT2D eigenvalue weighted by Gasteiger charge is -2.30. The zero-order chi connectivity index (χ0) is 13.8. The van der Waals surface area contributed by atoms with Crippen molar-refractivity contribution in [3.8, 4) is 0 Å². The average Bonchev–Trinajstić information content (AvgIpc) is 3.10. The van der Waals surface area contributed by atoms with E-state index in [-0.39, 0.29) is 0 Å². The first-order chi connectivity index (χ1) is 9.85. The van der Waals surface area contributed by atoms with Crippen molar-refractivity contribution in [2.45, 2.75) is 25.8 Å². The summed E-state index contributed by atoms with van der Waals surface area (Å²) in [5.74, 6) is 1.04. The van der Waals surface area contributed by atoms with Crippen molar-refractivity contribution in [1.82, 2.24) is 19.8 Å². The Morgan fingerprint density at radius 3 is 2.65 bits per heavy atom. The number of aliphatic hydroxyl groups excluding tert-OH is 1. The van der Waals surface area contributed by atoms with Crippen LogP contribution >= 0.6 is 0 Å². The van der Waals surface area contributed by atoms with Gasteiger partial charge in [-0.1, -0.05) is 6.42 Å². The topological polar surface area (TPSA) is 55.4 Å². The van der Waals surface area contributed by atoms with Gasteiger partial charge in [-0.3, -0.25) is 4.90 Å². The fraction of sp³-hybridized carbons (Fsp3) is 0.800. The Morgan fingerprint density at radius 1 is 1.15 bits per heavy atom. The van der Waals surface area contributed by atoms with Gasteiger partial charge in [0.05, 0.1) is 6.33 Å². The Hall–Kier alpha value is -0.910. The summed E-state index contributed by atoms with van der Waals surface area (Å²) in [4.78, 5) is 12.3. The van der Waals surface area contributed by atoms with Crippen molar-refractivity contribution in [1.29, 1.82) is 0 Å². The molecule has 5 heteroatoms. The smallest absolute Gasteiger partial charge is 0.0922 e. The first-order valence-electron chi connectivity index (χ1n) is 7.88. The number of aromatic amines is 1. The van der Waals surface area contributed by atoms with Crippen LogP contribution in [0.2, 0.25) is 0 Å². The van der Waals surface area contributed by atoms with Gasteiger partial charge in [-0.15, -0.1) is 0 Å². The van der Waals surface area contributed by atoms with Gasteiger partial charge in [0, 0.05) is 44.7 Å².